The fourth-order valence-electron chi connectivity index (χ4n) is 1.45. The first-order valence-electron chi connectivity index (χ1n) is 4.80. The molecule has 0 aromatic carbocycles. The SMILES string of the molecule is NC(=S)c1cnc(CN2CCOCC2)s1. The van der Waals surface area contributed by atoms with E-state index in [4.69, 9.17) is 22.7 Å². The number of nitrogens with zero attached hydrogens (tertiary/aromatic N) is 2. The summed E-state index contributed by atoms with van der Waals surface area (Å²) in [5, 5.41) is 1.07. The van der Waals surface area contributed by atoms with Crippen molar-refractivity contribution in [3.8, 4) is 0 Å². The topological polar surface area (TPSA) is 51.4 Å². The molecule has 4 nitrogen and oxygen atoms in total. The smallest absolute Gasteiger partial charge is 0.115 e. The molecule has 1 aliphatic rings. The Morgan fingerprint density at radius 1 is 1.60 bits per heavy atom. The summed E-state index contributed by atoms with van der Waals surface area (Å²) in [7, 11) is 0. The average Bonchev–Trinajstić information content (AvgIpc) is 2.68. The normalized spacial score (nSPS) is 17.9. The molecule has 0 atom stereocenters. The first-order chi connectivity index (χ1) is 7.25. The van der Waals surface area contributed by atoms with Gasteiger partial charge in [-0.1, -0.05) is 12.2 Å². The summed E-state index contributed by atoms with van der Waals surface area (Å²) in [6.45, 7) is 4.45. The highest BCUT2D eigenvalue weighted by Crippen LogP contribution is 2.15. The molecule has 0 radical (unpaired) electrons. The predicted octanol–water partition coefficient (Wildman–Crippen LogP) is 0.609. The van der Waals surface area contributed by atoms with E-state index in [1.807, 2.05) is 0 Å². The lowest BCUT2D eigenvalue weighted by molar-refractivity contribution is 0.0341. The maximum Gasteiger partial charge on any atom is 0.115 e. The average molecular weight is 243 g/mol. The molecule has 0 aliphatic carbocycles. The molecule has 1 saturated heterocycles. The molecule has 2 N–H and O–H groups in total. The highest BCUT2D eigenvalue weighted by atomic mass is 32.1. The van der Waals surface area contributed by atoms with Gasteiger partial charge in [0.05, 0.1) is 24.6 Å². The molecule has 0 bridgehead atoms. The van der Waals surface area contributed by atoms with Crippen molar-refractivity contribution in [2.45, 2.75) is 6.54 Å². The summed E-state index contributed by atoms with van der Waals surface area (Å²) >= 11 is 6.47. The van der Waals surface area contributed by atoms with Crippen molar-refractivity contribution in [2.75, 3.05) is 26.3 Å². The molecule has 0 spiro atoms. The van der Waals surface area contributed by atoms with Crippen LogP contribution in [0.25, 0.3) is 0 Å². The molecule has 15 heavy (non-hydrogen) atoms. The molecule has 2 rings (SSSR count). The molecule has 1 aromatic heterocycles. The second-order valence-electron chi connectivity index (χ2n) is 3.37. The van der Waals surface area contributed by atoms with E-state index in [0.29, 0.717) is 4.99 Å². The highest BCUT2D eigenvalue weighted by molar-refractivity contribution is 7.81. The Labute approximate surface area is 98.0 Å². The van der Waals surface area contributed by atoms with E-state index < -0.39 is 0 Å². The zero-order chi connectivity index (χ0) is 10.7. The van der Waals surface area contributed by atoms with E-state index >= 15 is 0 Å². The van der Waals surface area contributed by atoms with E-state index in [-0.39, 0.29) is 0 Å². The number of aromatic nitrogens is 1. The highest BCUT2D eigenvalue weighted by Gasteiger charge is 2.13. The van der Waals surface area contributed by atoms with Crippen LogP contribution in [0.15, 0.2) is 6.20 Å². The summed E-state index contributed by atoms with van der Waals surface area (Å²) in [5.74, 6) is 0. The Balaban J connectivity index is 1.94. The van der Waals surface area contributed by atoms with Crippen LogP contribution in [-0.2, 0) is 11.3 Å². The van der Waals surface area contributed by atoms with Crippen molar-refractivity contribution in [1.82, 2.24) is 9.88 Å². The molecule has 1 aliphatic heterocycles. The first kappa shape index (κ1) is 10.9. The molecule has 0 amide bonds. The molecule has 0 unspecified atom stereocenters. The first-order valence-corrected chi connectivity index (χ1v) is 6.03. The van der Waals surface area contributed by atoms with Crippen LogP contribution < -0.4 is 5.73 Å². The second-order valence-corrected chi connectivity index (χ2v) is 4.93. The van der Waals surface area contributed by atoms with Crippen LogP contribution in [0.5, 0.6) is 0 Å². The number of morpholine rings is 1. The Hall–Kier alpha value is -0.560. The molecular formula is C9H13N3OS2. The number of nitrogens with two attached hydrogens (primary N) is 1. The van der Waals surface area contributed by atoms with Crippen molar-refractivity contribution in [1.29, 1.82) is 0 Å². The lowest BCUT2D eigenvalue weighted by atomic mass is 10.4. The van der Waals surface area contributed by atoms with E-state index in [9.17, 15) is 0 Å². The minimum atomic E-state index is 0.431. The lowest BCUT2D eigenvalue weighted by Crippen LogP contribution is -2.35. The quantitative estimate of drug-likeness (QED) is 0.788. The van der Waals surface area contributed by atoms with Gasteiger partial charge in [-0.3, -0.25) is 4.90 Å². The van der Waals surface area contributed by atoms with Gasteiger partial charge in [0.15, 0.2) is 0 Å². The van der Waals surface area contributed by atoms with Gasteiger partial charge in [-0.15, -0.1) is 11.3 Å². The minimum absolute atomic E-state index is 0.431. The molecule has 2 heterocycles. The largest absolute Gasteiger partial charge is 0.389 e. The standard InChI is InChI=1S/C9H13N3OS2/c10-9(14)7-5-11-8(15-7)6-12-1-3-13-4-2-12/h5H,1-4,6H2,(H2,10,14). The van der Waals surface area contributed by atoms with Gasteiger partial charge in [-0.25, -0.2) is 4.98 Å². The van der Waals surface area contributed by atoms with Gasteiger partial charge in [0.25, 0.3) is 0 Å². The summed E-state index contributed by atoms with van der Waals surface area (Å²) in [4.78, 5) is 7.95. The number of ether oxygens (including phenoxy) is 1. The summed E-state index contributed by atoms with van der Waals surface area (Å²) in [6.07, 6.45) is 1.75. The molecule has 82 valence electrons. The number of hydrogen-bond acceptors (Lipinski definition) is 5. The van der Waals surface area contributed by atoms with Gasteiger partial charge in [0.1, 0.15) is 10.00 Å². The van der Waals surface area contributed by atoms with Crippen LogP contribution in [0, 0.1) is 0 Å². The lowest BCUT2D eigenvalue weighted by Gasteiger charge is -2.25. The third-order valence-corrected chi connectivity index (χ3v) is 3.62. The van der Waals surface area contributed by atoms with Gasteiger partial charge in [-0.2, -0.15) is 0 Å². The van der Waals surface area contributed by atoms with Crippen molar-refractivity contribution in [3.05, 3.63) is 16.1 Å². The van der Waals surface area contributed by atoms with E-state index in [1.165, 1.54) is 0 Å². The third-order valence-electron chi connectivity index (χ3n) is 2.26. The zero-order valence-electron chi connectivity index (χ0n) is 8.31. The van der Waals surface area contributed by atoms with Crippen molar-refractivity contribution in [3.63, 3.8) is 0 Å². The summed E-state index contributed by atoms with van der Waals surface area (Å²) < 4.78 is 5.28. The fourth-order valence-corrected chi connectivity index (χ4v) is 2.44. The number of rotatable bonds is 3. The van der Waals surface area contributed by atoms with Gasteiger partial charge >= 0.3 is 0 Å². The summed E-state index contributed by atoms with van der Waals surface area (Å²) in [5.41, 5.74) is 5.53. The van der Waals surface area contributed by atoms with Gasteiger partial charge in [0.2, 0.25) is 0 Å². The van der Waals surface area contributed by atoms with Crippen molar-refractivity contribution < 1.29 is 4.74 Å². The number of thiocarbonyl (C=S) groups is 1. The molecular weight excluding hydrogens is 230 g/mol. The van der Waals surface area contributed by atoms with Gasteiger partial charge in [-0.05, 0) is 0 Å². The third kappa shape index (κ3) is 2.94. The molecule has 1 aromatic rings. The number of hydrogen-bond donors (Lipinski definition) is 1. The van der Waals surface area contributed by atoms with Crippen LogP contribution in [0.2, 0.25) is 0 Å². The van der Waals surface area contributed by atoms with E-state index in [1.54, 1.807) is 17.5 Å². The molecule has 1 fully saturated rings. The number of thiazole rings is 1. The Kier molecular flexibility index (Phi) is 3.63. The van der Waals surface area contributed by atoms with E-state index in [0.717, 1.165) is 42.7 Å². The zero-order valence-corrected chi connectivity index (χ0v) is 9.94. The van der Waals surface area contributed by atoms with Gasteiger partial charge < -0.3 is 10.5 Å². The van der Waals surface area contributed by atoms with Crippen LogP contribution in [-0.4, -0.2) is 41.2 Å². The Morgan fingerprint density at radius 3 is 2.93 bits per heavy atom. The monoisotopic (exact) mass is 243 g/mol. The fraction of sp³-hybridized carbons (Fsp3) is 0.556. The summed E-state index contributed by atoms with van der Waals surface area (Å²) in [6, 6.07) is 0. The van der Waals surface area contributed by atoms with Crippen LogP contribution >= 0.6 is 23.6 Å². The Bertz CT molecular complexity index is 347. The maximum atomic E-state index is 5.53. The van der Waals surface area contributed by atoms with E-state index in [2.05, 4.69) is 9.88 Å². The second kappa shape index (κ2) is 4.98. The van der Waals surface area contributed by atoms with Crippen LogP contribution in [0.4, 0.5) is 0 Å². The van der Waals surface area contributed by atoms with Crippen LogP contribution in [0.3, 0.4) is 0 Å². The minimum Gasteiger partial charge on any atom is -0.389 e. The van der Waals surface area contributed by atoms with Crippen LogP contribution in [0.1, 0.15) is 9.88 Å². The molecule has 0 saturated carbocycles. The van der Waals surface area contributed by atoms with Crippen molar-refractivity contribution >= 4 is 28.5 Å². The Morgan fingerprint density at radius 2 is 2.33 bits per heavy atom. The van der Waals surface area contributed by atoms with Gasteiger partial charge in [0, 0.05) is 19.3 Å². The van der Waals surface area contributed by atoms with Crippen molar-refractivity contribution in [2.24, 2.45) is 5.73 Å². The molecule has 6 heteroatoms. The maximum absolute atomic E-state index is 5.53. The predicted molar refractivity (Wildman–Crippen MR) is 64.1 cm³/mol.